The normalized spacial score (nSPS) is 11.8. The minimum Gasteiger partial charge on any atom is -0.322 e. The molecule has 0 atom stereocenters. The molecule has 2 aromatic carbocycles. The van der Waals surface area contributed by atoms with Crippen molar-refractivity contribution in [3.63, 3.8) is 0 Å². The predicted molar refractivity (Wildman–Crippen MR) is 108 cm³/mol. The Morgan fingerprint density at radius 1 is 1.03 bits per heavy atom. The van der Waals surface area contributed by atoms with E-state index in [1.165, 1.54) is 6.07 Å². The summed E-state index contributed by atoms with van der Waals surface area (Å²) in [7, 11) is 0. The number of alkyl halides is 5. The van der Waals surface area contributed by atoms with Crippen LogP contribution in [0.15, 0.2) is 60.8 Å². The number of nitrogens with one attached hydrogen (secondary N) is 1. The first-order valence-electron chi connectivity index (χ1n) is 9.36. The van der Waals surface area contributed by atoms with E-state index in [-0.39, 0.29) is 22.6 Å². The fourth-order valence-corrected chi connectivity index (χ4v) is 3.11. The summed E-state index contributed by atoms with van der Waals surface area (Å²) in [6.07, 6.45) is -6.30. The number of carbonyl (C=O) groups excluding carboxylic acids is 1. The van der Waals surface area contributed by atoms with Gasteiger partial charge in [-0.3, -0.25) is 4.79 Å². The topological polar surface area (TPSA) is 59.3 Å². The van der Waals surface area contributed by atoms with Crippen molar-refractivity contribution in [3.05, 3.63) is 83.2 Å². The van der Waals surface area contributed by atoms with Gasteiger partial charge >= 0.3 is 6.18 Å². The van der Waals surface area contributed by atoms with Gasteiger partial charge in [0.15, 0.2) is 5.65 Å². The second-order valence-corrected chi connectivity index (χ2v) is 7.06. The van der Waals surface area contributed by atoms with Crippen LogP contribution in [0.4, 0.5) is 27.6 Å². The predicted octanol–water partition coefficient (Wildman–Crippen LogP) is 5.91. The molecule has 2 aromatic heterocycles. The van der Waals surface area contributed by atoms with Crippen LogP contribution in [0.1, 0.15) is 33.6 Å². The lowest BCUT2D eigenvalue weighted by Crippen LogP contribution is -2.13. The molecule has 0 unspecified atom stereocenters. The van der Waals surface area contributed by atoms with Crippen molar-refractivity contribution in [1.82, 2.24) is 14.6 Å². The van der Waals surface area contributed by atoms with Crippen LogP contribution in [0.2, 0.25) is 0 Å². The second-order valence-electron chi connectivity index (χ2n) is 7.06. The quantitative estimate of drug-likeness (QED) is 0.397. The molecule has 32 heavy (non-hydrogen) atoms. The van der Waals surface area contributed by atoms with Crippen molar-refractivity contribution in [2.75, 3.05) is 5.32 Å². The van der Waals surface area contributed by atoms with Crippen LogP contribution in [-0.2, 0) is 6.18 Å². The standard InChI is InChI=1S/C22H15F5N4O/c1-12-2-4-13(5-3-12)17-10-18(19(23)24)31-20(30-17)16(11-28-31)21(32)29-15-8-6-14(7-9-15)22(25,26)27/h2-11,19H,1H3,(H,29,32). The number of benzene rings is 2. The number of rotatable bonds is 4. The number of amides is 1. The maximum Gasteiger partial charge on any atom is 0.416 e. The summed E-state index contributed by atoms with van der Waals surface area (Å²) in [4.78, 5) is 17.1. The maximum atomic E-state index is 13.7. The van der Waals surface area contributed by atoms with E-state index in [1.807, 2.05) is 6.92 Å². The molecule has 0 aliphatic heterocycles. The van der Waals surface area contributed by atoms with Crippen molar-refractivity contribution in [2.45, 2.75) is 19.5 Å². The van der Waals surface area contributed by atoms with Crippen LogP contribution >= 0.6 is 0 Å². The lowest BCUT2D eigenvalue weighted by molar-refractivity contribution is -0.137. The zero-order chi connectivity index (χ0) is 23.0. The second kappa shape index (κ2) is 8.03. The molecule has 0 radical (unpaired) electrons. The molecule has 10 heteroatoms. The van der Waals surface area contributed by atoms with E-state index in [9.17, 15) is 26.7 Å². The van der Waals surface area contributed by atoms with E-state index in [2.05, 4.69) is 15.4 Å². The molecule has 0 aliphatic rings. The number of fused-ring (bicyclic) bond motifs is 1. The van der Waals surface area contributed by atoms with Crippen molar-refractivity contribution in [3.8, 4) is 11.3 Å². The molecular formula is C22H15F5N4O. The Bertz CT molecular complexity index is 1280. The molecule has 2 heterocycles. The summed E-state index contributed by atoms with van der Waals surface area (Å²) in [5, 5.41) is 6.31. The monoisotopic (exact) mass is 446 g/mol. The fourth-order valence-electron chi connectivity index (χ4n) is 3.11. The van der Waals surface area contributed by atoms with Gasteiger partial charge in [0.1, 0.15) is 11.3 Å². The van der Waals surface area contributed by atoms with Crippen LogP contribution < -0.4 is 5.32 Å². The van der Waals surface area contributed by atoms with Crippen LogP contribution in [0.3, 0.4) is 0 Å². The summed E-state index contributed by atoms with van der Waals surface area (Å²) in [6.45, 7) is 1.88. The molecular weight excluding hydrogens is 431 g/mol. The maximum absolute atomic E-state index is 13.7. The van der Waals surface area contributed by atoms with Gasteiger partial charge in [-0.25, -0.2) is 18.3 Å². The third-order valence-corrected chi connectivity index (χ3v) is 4.78. The van der Waals surface area contributed by atoms with Gasteiger partial charge in [0.05, 0.1) is 17.5 Å². The minimum atomic E-state index is -4.51. The van der Waals surface area contributed by atoms with E-state index in [0.717, 1.165) is 40.5 Å². The number of aromatic nitrogens is 3. The molecule has 4 rings (SSSR count). The van der Waals surface area contributed by atoms with Gasteiger partial charge in [0.25, 0.3) is 12.3 Å². The number of halogens is 5. The first-order chi connectivity index (χ1) is 15.1. The van der Waals surface area contributed by atoms with Gasteiger partial charge in [0.2, 0.25) is 0 Å². The molecule has 0 saturated heterocycles. The molecule has 164 valence electrons. The Morgan fingerprint density at radius 3 is 2.28 bits per heavy atom. The Labute approximate surface area is 178 Å². The Hall–Kier alpha value is -3.82. The Balaban J connectivity index is 1.72. The highest BCUT2D eigenvalue weighted by Gasteiger charge is 2.30. The van der Waals surface area contributed by atoms with Crippen LogP contribution in [-0.4, -0.2) is 20.5 Å². The molecule has 1 amide bonds. The van der Waals surface area contributed by atoms with Gasteiger partial charge in [-0.15, -0.1) is 0 Å². The van der Waals surface area contributed by atoms with Crippen molar-refractivity contribution < 1.29 is 26.7 Å². The zero-order valence-corrected chi connectivity index (χ0v) is 16.5. The zero-order valence-electron chi connectivity index (χ0n) is 16.5. The highest BCUT2D eigenvalue weighted by atomic mass is 19.4. The molecule has 0 aliphatic carbocycles. The van der Waals surface area contributed by atoms with Crippen LogP contribution in [0.5, 0.6) is 0 Å². The average molecular weight is 446 g/mol. The SMILES string of the molecule is Cc1ccc(-c2cc(C(F)F)n3ncc(C(=O)Nc4ccc(C(F)(F)F)cc4)c3n2)cc1. The van der Waals surface area contributed by atoms with Crippen molar-refractivity contribution in [2.24, 2.45) is 0 Å². The summed E-state index contributed by atoms with van der Waals surface area (Å²) >= 11 is 0. The largest absolute Gasteiger partial charge is 0.416 e. The summed E-state index contributed by atoms with van der Waals surface area (Å²) in [5.41, 5.74) is 0.392. The van der Waals surface area contributed by atoms with Gasteiger partial charge < -0.3 is 5.32 Å². The molecule has 4 aromatic rings. The number of nitrogens with zero attached hydrogens (tertiary/aromatic N) is 3. The average Bonchev–Trinajstić information content (AvgIpc) is 3.17. The van der Waals surface area contributed by atoms with E-state index >= 15 is 0 Å². The number of anilines is 1. The molecule has 0 fully saturated rings. The van der Waals surface area contributed by atoms with E-state index < -0.39 is 29.8 Å². The summed E-state index contributed by atoms with van der Waals surface area (Å²) in [5.74, 6) is -0.742. The Kier molecular flexibility index (Phi) is 5.37. The molecule has 5 nitrogen and oxygen atoms in total. The van der Waals surface area contributed by atoms with Crippen molar-refractivity contribution >= 4 is 17.2 Å². The Morgan fingerprint density at radius 2 is 1.69 bits per heavy atom. The first kappa shape index (κ1) is 21.4. The van der Waals surface area contributed by atoms with Gasteiger partial charge in [0, 0.05) is 11.3 Å². The van der Waals surface area contributed by atoms with Crippen LogP contribution in [0, 0.1) is 6.92 Å². The smallest absolute Gasteiger partial charge is 0.322 e. The third-order valence-electron chi connectivity index (χ3n) is 4.78. The van der Waals surface area contributed by atoms with Crippen molar-refractivity contribution in [1.29, 1.82) is 0 Å². The fraction of sp³-hybridized carbons (Fsp3) is 0.136. The summed E-state index contributed by atoms with van der Waals surface area (Å²) in [6, 6.07) is 12.1. The lowest BCUT2D eigenvalue weighted by Gasteiger charge is -2.10. The van der Waals surface area contributed by atoms with E-state index in [4.69, 9.17) is 0 Å². The minimum absolute atomic E-state index is 0.0946. The first-order valence-corrected chi connectivity index (χ1v) is 9.36. The number of hydrogen-bond donors (Lipinski definition) is 1. The summed E-state index contributed by atoms with van der Waals surface area (Å²) < 4.78 is 66.4. The highest BCUT2D eigenvalue weighted by Crippen LogP contribution is 2.30. The number of hydrogen-bond acceptors (Lipinski definition) is 3. The molecule has 0 bridgehead atoms. The molecule has 1 N–H and O–H groups in total. The number of aryl methyl sites for hydroxylation is 1. The van der Waals surface area contributed by atoms with Gasteiger partial charge in [-0.1, -0.05) is 29.8 Å². The molecule has 0 saturated carbocycles. The third kappa shape index (κ3) is 4.16. The van der Waals surface area contributed by atoms with Gasteiger partial charge in [-0.05, 0) is 37.3 Å². The lowest BCUT2D eigenvalue weighted by atomic mass is 10.1. The highest BCUT2D eigenvalue weighted by molar-refractivity contribution is 6.08. The van der Waals surface area contributed by atoms with Gasteiger partial charge in [-0.2, -0.15) is 18.3 Å². The van der Waals surface area contributed by atoms with Crippen LogP contribution in [0.25, 0.3) is 16.9 Å². The van der Waals surface area contributed by atoms with E-state index in [0.29, 0.717) is 5.56 Å². The molecule has 0 spiro atoms. The van der Waals surface area contributed by atoms with E-state index in [1.54, 1.807) is 24.3 Å². The number of carbonyl (C=O) groups is 1.